The number of pyridine rings is 1. The van der Waals surface area contributed by atoms with Crippen LogP contribution in [0.2, 0.25) is 0 Å². The van der Waals surface area contributed by atoms with Crippen molar-refractivity contribution in [2.24, 2.45) is 11.5 Å². The van der Waals surface area contributed by atoms with E-state index in [9.17, 15) is 4.79 Å². The summed E-state index contributed by atoms with van der Waals surface area (Å²) in [6, 6.07) is 7.97. The predicted octanol–water partition coefficient (Wildman–Crippen LogP) is 2.86. The van der Waals surface area contributed by atoms with E-state index >= 15 is 0 Å². The summed E-state index contributed by atoms with van der Waals surface area (Å²) in [5, 5.41) is 7.50. The van der Waals surface area contributed by atoms with Crippen LogP contribution < -0.4 is 22.1 Å². The number of para-hydroxylation sites is 1. The molecule has 4 rings (SSSR count). The summed E-state index contributed by atoms with van der Waals surface area (Å²) in [7, 11) is 0. The minimum Gasteiger partial charge on any atom is -0.365 e. The lowest BCUT2D eigenvalue weighted by Crippen LogP contribution is -2.43. The van der Waals surface area contributed by atoms with Crippen LogP contribution >= 0.6 is 0 Å². The molecule has 0 saturated heterocycles. The van der Waals surface area contributed by atoms with Crippen molar-refractivity contribution in [3.8, 4) is 0 Å². The number of hydrogen-bond acceptors (Lipinski definition) is 7. The SMILES string of the molecule is Cc1cccc2c(Nc3nc(N[C@@H]4CCCC[C@@H]4N)ncc3C(N)=O)ccnc12. The Morgan fingerprint density at radius 1 is 1.17 bits per heavy atom. The first kappa shape index (κ1) is 19.1. The van der Waals surface area contributed by atoms with Gasteiger partial charge in [0.2, 0.25) is 5.95 Å². The van der Waals surface area contributed by atoms with Gasteiger partial charge in [-0.2, -0.15) is 4.98 Å². The molecule has 2 heterocycles. The fourth-order valence-electron chi connectivity index (χ4n) is 3.79. The second-order valence-corrected chi connectivity index (χ2v) is 7.47. The first-order valence-corrected chi connectivity index (χ1v) is 9.83. The number of carbonyl (C=O) groups excluding carboxylic acids is 1. The Bertz CT molecular complexity index is 1050. The molecule has 0 aliphatic heterocycles. The Morgan fingerprint density at radius 3 is 2.79 bits per heavy atom. The minimum absolute atomic E-state index is 0.0618. The van der Waals surface area contributed by atoms with Crippen molar-refractivity contribution in [1.82, 2.24) is 15.0 Å². The monoisotopic (exact) mass is 391 g/mol. The van der Waals surface area contributed by atoms with E-state index in [2.05, 4.69) is 25.6 Å². The van der Waals surface area contributed by atoms with Gasteiger partial charge in [-0.05, 0) is 31.4 Å². The molecule has 1 amide bonds. The molecule has 6 N–H and O–H groups in total. The van der Waals surface area contributed by atoms with Gasteiger partial charge in [-0.15, -0.1) is 0 Å². The van der Waals surface area contributed by atoms with E-state index in [0.717, 1.165) is 47.8 Å². The van der Waals surface area contributed by atoms with Crippen LogP contribution in [0.15, 0.2) is 36.7 Å². The smallest absolute Gasteiger partial charge is 0.254 e. The minimum atomic E-state index is -0.594. The van der Waals surface area contributed by atoms with E-state index in [1.54, 1.807) is 6.20 Å². The van der Waals surface area contributed by atoms with E-state index in [4.69, 9.17) is 11.5 Å². The van der Waals surface area contributed by atoms with E-state index in [1.807, 2.05) is 31.2 Å². The Kier molecular flexibility index (Phi) is 5.26. The Morgan fingerprint density at radius 2 is 2.00 bits per heavy atom. The lowest BCUT2D eigenvalue weighted by atomic mass is 9.91. The van der Waals surface area contributed by atoms with Crippen LogP contribution in [0.5, 0.6) is 0 Å². The van der Waals surface area contributed by atoms with Gasteiger partial charge >= 0.3 is 0 Å². The Balaban J connectivity index is 1.69. The molecule has 0 spiro atoms. The number of rotatable bonds is 5. The van der Waals surface area contributed by atoms with Crippen molar-refractivity contribution in [2.75, 3.05) is 10.6 Å². The van der Waals surface area contributed by atoms with Crippen molar-refractivity contribution < 1.29 is 4.79 Å². The molecule has 8 heteroatoms. The second-order valence-electron chi connectivity index (χ2n) is 7.47. The van der Waals surface area contributed by atoms with Crippen LogP contribution in [0.25, 0.3) is 10.9 Å². The third-order valence-corrected chi connectivity index (χ3v) is 5.41. The number of carbonyl (C=O) groups is 1. The standard InChI is InChI=1S/C21H25N7O/c1-12-5-4-6-13-16(9-10-24-18(12)13)26-20-14(19(23)29)11-25-21(28-20)27-17-8-3-2-7-15(17)22/h4-6,9-11,15,17H,2-3,7-8,22H2,1H3,(H2,23,29)(H2,24,25,26,27,28)/t15-,17+/m0/s1. The molecule has 1 aliphatic carbocycles. The topological polar surface area (TPSA) is 132 Å². The van der Waals surface area contributed by atoms with Crippen molar-refractivity contribution in [3.05, 3.63) is 47.8 Å². The molecule has 150 valence electrons. The van der Waals surface area contributed by atoms with Gasteiger partial charge in [-0.3, -0.25) is 9.78 Å². The van der Waals surface area contributed by atoms with Crippen molar-refractivity contribution in [2.45, 2.75) is 44.7 Å². The fraction of sp³-hybridized carbons (Fsp3) is 0.333. The molecule has 1 fully saturated rings. The molecule has 0 radical (unpaired) electrons. The number of aromatic nitrogens is 3. The highest BCUT2D eigenvalue weighted by Gasteiger charge is 2.23. The lowest BCUT2D eigenvalue weighted by molar-refractivity contribution is 0.100. The van der Waals surface area contributed by atoms with Gasteiger partial charge in [-0.25, -0.2) is 4.98 Å². The normalized spacial score (nSPS) is 19.1. The van der Waals surface area contributed by atoms with E-state index < -0.39 is 5.91 Å². The fourth-order valence-corrected chi connectivity index (χ4v) is 3.79. The number of amides is 1. The van der Waals surface area contributed by atoms with Gasteiger partial charge < -0.3 is 22.1 Å². The van der Waals surface area contributed by atoms with Crippen LogP contribution in [0.4, 0.5) is 17.5 Å². The zero-order chi connectivity index (χ0) is 20.4. The van der Waals surface area contributed by atoms with Crippen LogP contribution in [0, 0.1) is 6.92 Å². The van der Waals surface area contributed by atoms with E-state index in [-0.39, 0.29) is 17.6 Å². The highest BCUT2D eigenvalue weighted by molar-refractivity contribution is 6.00. The van der Waals surface area contributed by atoms with Crippen LogP contribution in [-0.2, 0) is 0 Å². The van der Waals surface area contributed by atoms with E-state index in [1.165, 1.54) is 6.20 Å². The number of anilines is 3. The highest BCUT2D eigenvalue weighted by Crippen LogP contribution is 2.28. The molecular formula is C21H25N7O. The first-order chi connectivity index (χ1) is 14.0. The van der Waals surface area contributed by atoms with Crippen LogP contribution in [0.1, 0.15) is 41.6 Å². The Hall–Kier alpha value is -3.26. The molecule has 2 atom stereocenters. The molecule has 3 aromatic rings. The third-order valence-electron chi connectivity index (χ3n) is 5.41. The van der Waals surface area contributed by atoms with Crippen LogP contribution in [-0.4, -0.2) is 32.9 Å². The number of nitrogens with two attached hydrogens (primary N) is 2. The summed E-state index contributed by atoms with van der Waals surface area (Å²) in [6.45, 7) is 2.01. The molecule has 2 aromatic heterocycles. The average Bonchev–Trinajstić information content (AvgIpc) is 2.70. The molecule has 1 aliphatic rings. The van der Waals surface area contributed by atoms with Crippen molar-refractivity contribution in [1.29, 1.82) is 0 Å². The van der Waals surface area contributed by atoms with Gasteiger partial charge in [-0.1, -0.05) is 31.0 Å². The van der Waals surface area contributed by atoms with Gasteiger partial charge in [0.25, 0.3) is 5.91 Å². The quantitative estimate of drug-likeness (QED) is 0.526. The van der Waals surface area contributed by atoms with Gasteiger partial charge in [0.15, 0.2) is 0 Å². The molecule has 1 saturated carbocycles. The molecule has 0 unspecified atom stereocenters. The van der Waals surface area contributed by atoms with Gasteiger partial charge in [0.05, 0.1) is 11.2 Å². The number of hydrogen-bond donors (Lipinski definition) is 4. The van der Waals surface area contributed by atoms with Gasteiger partial charge in [0.1, 0.15) is 11.4 Å². The largest absolute Gasteiger partial charge is 0.365 e. The van der Waals surface area contributed by atoms with Crippen molar-refractivity contribution >= 4 is 34.3 Å². The summed E-state index contributed by atoms with van der Waals surface area (Å²) < 4.78 is 0. The molecule has 29 heavy (non-hydrogen) atoms. The first-order valence-electron chi connectivity index (χ1n) is 9.83. The molecule has 0 bridgehead atoms. The number of nitrogens with one attached hydrogen (secondary N) is 2. The highest BCUT2D eigenvalue weighted by atomic mass is 16.1. The van der Waals surface area contributed by atoms with Gasteiger partial charge in [0, 0.05) is 29.9 Å². The number of fused-ring (bicyclic) bond motifs is 1. The molecular weight excluding hydrogens is 366 g/mol. The number of benzene rings is 1. The average molecular weight is 391 g/mol. The maximum absolute atomic E-state index is 11.9. The van der Waals surface area contributed by atoms with Crippen LogP contribution in [0.3, 0.4) is 0 Å². The summed E-state index contributed by atoms with van der Waals surface area (Å²) in [4.78, 5) is 25.2. The zero-order valence-electron chi connectivity index (χ0n) is 16.4. The summed E-state index contributed by atoms with van der Waals surface area (Å²) >= 11 is 0. The number of primary amides is 1. The maximum atomic E-state index is 11.9. The Labute approximate surface area is 169 Å². The summed E-state index contributed by atoms with van der Waals surface area (Å²) in [6.07, 6.45) is 7.38. The summed E-state index contributed by atoms with van der Waals surface area (Å²) in [5.74, 6) is 0.186. The molecule has 8 nitrogen and oxygen atoms in total. The third kappa shape index (κ3) is 3.97. The summed E-state index contributed by atoms with van der Waals surface area (Å²) in [5.41, 5.74) is 14.7. The predicted molar refractivity (Wildman–Crippen MR) is 114 cm³/mol. The number of aryl methyl sites for hydroxylation is 1. The zero-order valence-corrected chi connectivity index (χ0v) is 16.4. The second kappa shape index (κ2) is 8.00. The number of nitrogens with zero attached hydrogens (tertiary/aromatic N) is 3. The molecule has 1 aromatic carbocycles. The van der Waals surface area contributed by atoms with E-state index in [0.29, 0.717) is 11.8 Å². The lowest BCUT2D eigenvalue weighted by Gasteiger charge is -2.29. The van der Waals surface area contributed by atoms with Crippen molar-refractivity contribution in [3.63, 3.8) is 0 Å². The maximum Gasteiger partial charge on any atom is 0.254 e.